The van der Waals surface area contributed by atoms with Crippen LogP contribution in [0.15, 0.2) is 24.5 Å². The number of nitrogens with two attached hydrogens (primary N) is 1. The Hall–Kier alpha value is -2.08. The largest absolute Gasteiger partial charge is 0.481 e. The van der Waals surface area contributed by atoms with E-state index < -0.39 is 30.0 Å². The Balaban J connectivity index is 2.59. The molecule has 0 saturated carbocycles. The molecule has 17 heavy (non-hydrogen) atoms. The summed E-state index contributed by atoms with van der Waals surface area (Å²) >= 11 is 0. The van der Waals surface area contributed by atoms with E-state index in [1.54, 1.807) is 18.3 Å². The number of nitrogens with zero attached hydrogens (tertiary/aromatic N) is 1. The van der Waals surface area contributed by atoms with Crippen molar-refractivity contribution in [2.45, 2.75) is 18.9 Å². The van der Waals surface area contributed by atoms with Gasteiger partial charge in [0.1, 0.15) is 0 Å². The molecule has 0 bridgehead atoms. The van der Waals surface area contributed by atoms with Gasteiger partial charge in [-0.1, -0.05) is 6.07 Å². The minimum atomic E-state index is -1.28. The lowest BCUT2D eigenvalue weighted by Gasteiger charge is -2.06. The molecule has 0 saturated heterocycles. The molecule has 1 atom stereocenters. The van der Waals surface area contributed by atoms with Gasteiger partial charge in [0.05, 0.1) is 12.5 Å². The predicted octanol–water partition coefficient (Wildman–Crippen LogP) is -0.436. The van der Waals surface area contributed by atoms with E-state index in [-0.39, 0.29) is 6.42 Å². The first-order chi connectivity index (χ1) is 8.00. The van der Waals surface area contributed by atoms with Gasteiger partial charge < -0.3 is 10.8 Å². The number of carbonyl (C=O) groups excluding carboxylic acids is 2. The Labute approximate surface area is 97.5 Å². The van der Waals surface area contributed by atoms with Crippen molar-refractivity contribution in [2.75, 3.05) is 0 Å². The number of rotatable bonds is 6. The lowest BCUT2D eigenvalue weighted by Crippen LogP contribution is -2.38. The van der Waals surface area contributed by atoms with Crippen LogP contribution in [-0.2, 0) is 20.8 Å². The molecule has 1 unspecified atom stereocenters. The molecule has 90 valence electrons. The number of carbonyl (C=O) groups is 3. The van der Waals surface area contributed by atoms with Gasteiger partial charge in [-0.25, -0.2) is 0 Å². The first kappa shape index (κ1) is 13.0. The van der Waals surface area contributed by atoms with Gasteiger partial charge in [-0.3, -0.25) is 19.4 Å². The number of ketones is 2. The first-order valence-electron chi connectivity index (χ1n) is 4.94. The lowest BCUT2D eigenvalue weighted by molar-refractivity contribution is -0.141. The fraction of sp³-hybridized carbons (Fsp3) is 0.273. The number of carboxylic acid groups (broad SMARTS) is 1. The molecule has 0 amide bonds. The zero-order valence-electron chi connectivity index (χ0n) is 9.00. The highest BCUT2D eigenvalue weighted by molar-refractivity contribution is 6.39. The number of aromatic nitrogens is 1. The van der Waals surface area contributed by atoms with Crippen LogP contribution in [0.25, 0.3) is 0 Å². The molecule has 1 heterocycles. The summed E-state index contributed by atoms with van der Waals surface area (Å²) < 4.78 is 0. The van der Waals surface area contributed by atoms with Crippen LogP contribution in [0.1, 0.15) is 12.0 Å². The highest BCUT2D eigenvalue weighted by Gasteiger charge is 2.23. The van der Waals surface area contributed by atoms with E-state index >= 15 is 0 Å². The maximum atomic E-state index is 11.5. The van der Waals surface area contributed by atoms with E-state index in [9.17, 15) is 14.4 Å². The van der Waals surface area contributed by atoms with Crippen molar-refractivity contribution >= 4 is 17.5 Å². The zero-order chi connectivity index (χ0) is 12.8. The Morgan fingerprint density at radius 1 is 1.41 bits per heavy atom. The SMILES string of the molecule is NC(CC(=O)O)C(=O)C(=O)Cc1cccnc1. The number of pyridine rings is 1. The van der Waals surface area contributed by atoms with E-state index in [2.05, 4.69) is 4.98 Å². The number of Topliss-reactive ketones (excluding diaryl/α,β-unsaturated/α-hetero) is 2. The van der Waals surface area contributed by atoms with Crippen LogP contribution in [0.2, 0.25) is 0 Å². The third-order valence-electron chi connectivity index (χ3n) is 2.09. The van der Waals surface area contributed by atoms with E-state index in [0.29, 0.717) is 5.56 Å². The van der Waals surface area contributed by atoms with Gasteiger partial charge >= 0.3 is 5.97 Å². The van der Waals surface area contributed by atoms with Crippen LogP contribution in [0.5, 0.6) is 0 Å². The number of aliphatic carboxylic acids is 1. The highest BCUT2D eigenvalue weighted by Crippen LogP contribution is 2.01. The zero-order valence-corrected chi connectivity index (χ0v) is 9.00. The molecule has 0 radical (unpaired) electrons. The molecule has 0 aliphatic rings. The van der Waals surface area contributed by atoms with Crippen LogP contribution in [0.3, 0.4) is 0 Å². The normalized spacial score (nSPS) is 11.8. The molecule has 0 aliphatic heterocycles. The quantitative estimate of drug-likeness (QED) is 0.648. The van der Waals surface area contributed by atoms with Gasteiger partial charge in [0, 0.05) is 18.8 Å². The monoisotopic (exact) mass is 236 g/mol. The van der Waals surface area contributed by atoms with Gasteiger partial charge in [0.2, 0.25) is 11.6 Å². The summed E-state index contributed by atoms with van der Waals surface area (Å²) in [6.45, 7) is 0. The van der Waals surface area contributed by atoms with E-state index in [4.69, 9.17) is 10.8 Å². The molecular formula is C11H12N2O4. The third kappa shape index (κ3) is 4.12. The van der Waals surface area contributed by atoms with E-state index in [1.165, 1.54) is 6.20 Å². The standard InChI is InChI=1S/C11H12N2O4/c12-8(5-10(15)16)11(17)9(14)4-7-2-1-3-13-6-7/h1-3,6,8H,4-5,12H2,(H,15,16). The predicted molar refractivity (Wildman–Crippen MR) is 58.2 cm³/mol. The molecule has 1 aromatic heterocycles. The maximum Gasteiger partial charge on any atom is 0.305 e. The summed E-state index contributed by atoms with van der Waals surface area (Å²) in [6, 6.07) is 2.02. The fourth-order valence-electron chi connectivity index (χ4n) is 1.26. The molecule has 1 aromatic rings. The van der Waals surface area contributed by atoms with Gasteiger partial charge in [-0.15, -0.1) is 0 Å². The molecule has 6 nitrogen and oxygen atoms in total. The van der Waals surface area contributed by atoms with Gasteiger partial charge in [0.25, 0.3) is 0 Å². The van der Waals surface area contributed by atoms with Crippen molar-refractivity contribution in [1.29, 1.82) is 0 Å². The Kier molecular flexibility index (Phi) is 4.47. The lowest BCUT2D eigenvalue weighted by atomic mass is 10.0. The first-order valence-corrected chi connectivity index (χ1v) is 4.94. The van der Waals surface area contributed by atoms with Crippen LogP contribution >= 0.6 is 0 Å². The van der Waals surface area contributed by atoms with Gasteiger partial charge in [0.15, 0.2) is 0 Å². The topological polar surface area (TPSA) is 110 Å². The second-order valence-electron chi connectivity index (χ2n) is 3.53. The van der Waals surface area contributed by atoms with E-state index in [0.717, 1.165) is 0 Å². The average molecular weight is 236 g/mol. The summed E-state index contributed by atoms with van der Waals surface area (Å²) in [5, 5.41) is 8.45. The molecule has 0 spiro atoms. The Morgan fingerprint density at radius 2 is 2.12 bits per heavy atom. The molecule has 0 fully saturated rings. The van der Waals surface area contributed by atoms with Gasteiger partial charge in [-0.2, -0.15) is 0 Å². The van der Waals surface area contributed by atoms with Crippen molar-refractivity contribution in [1.82, 2.24) is 4.98 Å². The third-order valence-corrected chi connectivity index (χ3v) is 2.09. The second kappa shape index (κ2) is 5.86. The van der Waals surface area contributed by atoms with Crippen molar-refractivity contribution in [2.24, 2.45) is 5.73 Å². The smallest absolute Gasteiger partial charge is 0.305 e. The van der Waals surface area contributed by atoms with Crippen LogP contribution in [0.4, 0.5) is 0 Å². The summed E-state index contributed by atoms with van der Waals surface area (Å²) in [5.41, 5.74) is 5.90. The van der Waals surface area contributed by atoms with Crippen molar-refractivity contribution < 1.29 is 19.5 Å². The van der Waals surface area contributed by atoms with Crippen molar-refractivity contribution in [3.05, 3.63) is 30.1 Å². The van der Waals surface area contributed by atoms with Crippen molar-refractivity contribution in [3.63, 3.8) is 0 Å². The van der Waals surface area contributed by atoms with Crippen LogP contribution in [0, 0.1) is 0 Å². The fourth-order valence-corrected chi connectivity index (χ4v) is 1.26. The average Bonchev–Trinajstić information content (AvgIpc) is 2.28. The van der Waals surface area contributed by atoms with Gasteiger partial charge in [-0.05, 0) is 11.6 Å². The molecule has 0 aliphatic carbocycles. The van der Waals surface area contributed by atoms with Crippen LogP contribution in [-0.4, -0.2) is 33.7 Å². The maximum absolute atomic E-state index is 11.5. The molecular weight excluding hydrogens is 224 g/mol. The number of hydrogen-bond acceptors (Lipinski definition) is 5. The molecule has 3 N–H and O–H groups in total. The number of carboxylic acids is 1. The molecule has 6 heteroatoms. The van der Waals surface area contributed by atoms with E-state index in [1.807, 2.05) is 0 Å². The Bertz CT molecular complexity index is 430. The summed E-state index contributed by atoms with van der Waals surface area (Å²) in [4.78, 5) is 37.1. The van der Waals surface area contributed by atoms with Crippen LogP contribution < -0.4 is 5.73 Å². The number of hydrogen-bond donors (Lipinski definition) is 2. The molecule has 0 aromatic carbocycles. The summed E-state index contributed by atoms with van der Waals surface area (Å²) in [6.07, 6.45) is 2.36. The highest BCUT2D eigenvalue weighted by atomic mass is 16.4. The summed E-state index contributed by atoms with van der Waals surface area (Å²) in [5.74, 6) is -2.77. The second-order valence-corrected chi connectivity index (χ2v) is 3.53. The minimum Gasteiger partial charge on any atom is -0.481 e. The summed E-state index contributed by atoms with van der Waals surface area (Å²) in [7, 11) is 0. The molecule has 1 rings (SSSR count). The Morgan fingerprint density at radius 3 is 2.65 bits per heavy atom. The minimum absolute atomic E-state index is 0.111. The van der Waals surface area contributed by atoms with Crippen molar-refractivity contribution in [3.8, 4) is 0 Å².